The monoisotopic (exact) mass is 304 g/mol. The maximum Gasteiger partial charge on any atom is 0.243 e. The zero-order chi connectivity index (χ0) is 16.4. The van der Waals surface area contributed by atoms with E-state index in [2.05, 4.69) is 46.8 Å². The van der Waals surface area contributed by atoms with Crippen molar-refractivity contribution in [3.8, 4) is 0 Å². The van der Waals surface area contributed by atoms with Crippen molar-refractivity contribution in [2.45, 2.75) is 26.2 Å². The highest BCUT2D eigenvalue weighted by atomic mass is 16.2. The second-order valence-electron chi connectivity index (χ2n) is 5.51. The highest BCUT2D eigenvalue weighted by Gasteiger charge is 2.06. The summed E-state index contributed by atoms with van der Waals surface area (Å²) in [5, 5.41) is 6.44. The number of rotatable bonds is 7. The molecule has 0 aliphatic carbocycles. The lowest BCUT2D eigenvalue weighted by Gasteiger charge is -2.15. The molecule has 1 rings (SSSR count). The van der Waals surface area contributed by atoms with Crippen LogP contribution in [0.25, 0.3) is 0 Å². The first kappa shape index (κ1) is 18.0. The van der Waals surface area contributed by atoms with E-state index in [1.54, 1.807) is 19.0 Å². The van der Waals surface area contributed by atoms with Crippen LogP contribution in [-0.4, -0.2) is 50.5 Å². The molecule has 1 aromatic carbocycles. The third kappa shape index (κ3) is 6.61. The molecule has 0 aliphatic rings. The predicted octanol–water partition coefficient (Wildman–Crippen LogP) is 1.82. The fourth-order valence-electron chi connectivity index (χ4n) is 1.99. The molecule has 22 heavy (non-hydrogen) atoms. The van der Waals surface area contributed by atoms with Gasteiger partial charge in [-0.2, -0.15) is 0 Å². The van der Waals surface area contributed by atoms with E-state index in [9.17, 15) is 4.79 Å². The second kappa shape index (κ2) is 9.82. The smallest absolute Gasteiger partial charge is 0.243 e. The quantitative estimate of drug-likeness (QED) is 0.597. The Morgan fingerprint density at radius 2 is 1.91 bits per heavy atom. The summed E-state index contributed by atoms with van der Waals surface area (Å²) in [6.45, 7) is 5.99. The Hall–Kier alpha value is -2.04. The lowest BCUT2D eigenvalue weighted by atomic mass is 9.98. The van der Waals surface area contributed by atoms with Crippen LogP contribution in [0.2, 0.25) is 0 Å². The molecule has 0 fully saturated rings. The van der Waals surface area contributed by atoms with Gasteiger partial charge in [-0.05, 0) is 24.8 Å². The van der Waals surface area contributed by atoms with Gasteiger partial charge in [0.1, 0.15) is 6.54 Å². The van der Waals surface area contributed by atoms with Gasteiger partial charge in [0, 0.05) is 27.2 Å². The maximum absolute atomic E-state index is 11.6. The van der Waals surface area contributed by atoms with Crippen molar-refractivity contribution in [1.82, 2.24) is 15.5 Å². The highest BCUT2D eigenvalue weighted by molar-refractivity contribution is 5.84. The molecule has 1 unspecified atom stereocenters. The molecule has 5 heteroatoms. The number of hydrogen-bond acceptors (Lipinski definition) is 2. The van der Waals surface area contributed by atoms with Crippen LogP contribution in [0.15, 0.2) is 35.3 Å². The second-order valence-corrected chi connectivity index (χ2v) is 5.51. The van der Waals surface area contributed by atoms with Gasteiger partial charge in [-0.1, -0.05) is 37.3 Å². The van der Waals surface area contributed by atoms with Crippen molar-refractivity contribution < 1.29 is 4.79 Å². The van der Waals surface area contributed by atoms with Crippen molar-refractivity contribution in [1.29, 1.82) is 0 Å². The van der Waals surface area contributed by atoms with Gasteiger partial charge in [0.05, 0.1) is 0 Å². The number of carbonyl (C=O) groups is 1. The molecular formula is C17H28N4O. The molecule has 0 bridgehead atoms. The van der Waals surface area contributed by atoms with Gasteiger partial charge in [-0.15, -0.1) is 0 Å². The minimum absolute atomic E-state index is 0.00476. The van der Waals surface area contributed by atoms with Crippen LogP contribution in [0.1, 0.15) is 31.7 Å². The summed E-state index contributed by atoms with van der Waals surface area (Å²) in [7, 11) is 3.47. The Balaban J connectivity index is 2.44. The molecule has 0 aromatic heterocycles. The van der Waals surface area contributed by atoms with Crippen LogP contribution in [0, 0.1) is 0 Å². The van der Waals surface area contributed by atoms with Crippen LogP contribution in [0.5, 0.6) is 0 Å². The van der Waals surface area contributed by atoms with Crippen molar-refractivity contribution >= 4 is 11.9 Å². The number of amides is 1. The van der Waals surface area contributed by atoms with Gasteiger partial charge in [-0.25, -0.2) is 4.99 Å². The highest BCUT2D eigenvalue weighted by Crippen LogP contribution is 2.17. The molecule has 1 aromatic rings. The van der Waals surface area contributed by atoms with Crippen molar-refractivity contribution in [2.75, 3.05) is 33.7 Å². The molecular weight excluding hydrogens is 276 g/mol. The molecule has 5 nitrogen and oxygen atoms in total. The van der Waals surface area contributed by atoms with E-state index in [0.717, 1.165) is 19.5 Å². The largest absolute Gasteiger partial charge is 0.357 e. The summed E-state index contributed by atoms with van der Waals surface area (Å²) in [4.78, 5) is 17.4. The molecule has 0 saturated carbocycles. The SMILES string of the molecule is CCNC(=NCC(=O)N(C)C)NCCC(C)c1ccccc1. The van der Waals surface area contributed by atoms with Crippen molar-refractivity contribution in [3.63, 3.8) is 0 Å². The summed E-state index contributed by atoms with van der Waals surface area (Å²) in [6.07, 6.45) is 1.01. The van der Waals surface area contributed by atoms with E-state index in [1.807, 2.05) is 13.0 Å². The molecule has 0 saturated heterocycles. The summed E-state index contributed by atoms with van der Waals surface area (Å²) >= 11 is 0. The number of nitrogens with one attached hydrogen (secondary N) is 2. The Bertz CT molecular complexity index is 471. The average molecular weight is 304 g/mol. The topological polar surface area (TPSA) is 56.7 Å². The molecule has 0 spiro atoms. The fraction of sp³-hybridized carbons (Fsp3) is 0.529. The van der Waals surface area contributed by atoms with Gasteiger partial charge in [0.25, 0.3) is 0 Å². The van der Waals surface area contributed by atoms with Crippen LogP contribution >= 0.6 is 0 Å². The molecule has 1 atom stereocenters. The van der Waals surface area contributed by atoms with E-state index in [0.29, 0.717) is 11.9 Å². The molecule has 0 aliphatic heterocycles. The lowest BCUT2D eigenvalue weighted by molar-refractivity contribution is -0.127. The van der Waals surface area contributed by atoms with Crippen molar-refractivity contribution in [3.05, 3.63) is 35.9 Å². The number of nitrogens with zero attached hydrogens (tertiary/aromatic N) is 2. The zero-order valence-electron chi connectivity index (χ0n) is 14.1. The molecule has 1 amide bonds. The first-order valence-electron chi connectivity index (χ1n) is 7.81. The summed E-state index contributed by atoms with van der Waals surface area (Å²) in [6, 6.07) is 10.5. The van der Waals surface area contributed by atoms with E-state index in [-0.39, 0.29) is 12.5 Å². The first-order valence-corrected chi connectivity index (χ1v) is 7.81. The fourth-order valence-corrected chi connectivity index (χ4v) is 1.99. The number of carbonyl (C=O) groups excluding carboxylic acids is 1. The number of benzene rings is 1. The Labute approximate surface area is 133 Å². The van der Waals surface area contributed by atoms with Gasteiger partial charge in [-0.3, -0.25) is 4.79 Å². The lowest BCUT2D eigenvalue weighted by Crippen LogP contribution is -2.39. The van der Waals surface area contributed by atoms with Gasteiger partial charge >= 0.3 is 0 Å². The average Bonchev–Trinajstić information content (AvgIpc) is 2.52. The Kier molecular flexibility index (Phi) is 8.04. The molecule has 0 heterocycles. The van der Waals surface area contributed by atoms with E-state index in [4.69, 9.17) is 0 Å². The standard InChI is InChI=1S/C17H28N4O/c1-5-18-17(20-13-16(22)21(3)4)19-12-11-14(2)15-9-7-6-8-10-15/h6-10,14H,5,11-13H2,1-4H3,(H2,18,19,20). The number of guanidine groups is 1. The van der Waals surface area contributed by atoms with Crippen LogP contribution < -0.4 is 10.6 Å². The number of likely N-dealkylation sites (N-methyl/N-ethyl adjacent to an activating group) is 1. The van der Waals surface area contributed by atoms with E-state index >= 15 is 0 Å². The third-order valence-electron chi connectivity index (χ3n) is 3.45. The predicted molar refractivity (Wildman–Crippen MR) is 92.1 cm³/mol. The van der Waals surface area contributed by atoms with Crippen LogP contribution in [0.3, 0.4) is 0 Å². The van der Waals surface area contributed by atoms with Gasteiger partial charge in [0.15, 0.2) is 5.96 Å². The van der Waals surface area contributed by atoms with E-state index < -0.39 is 0 Å². The molecule has 2 N–H and O–H groups in total. The van der Waals surface area contributed by atoms with Crippen LogP contribution in [0.4, 0.5) is 0 Å². The van der Waals surface area contributed by atoms with Crippen molar-refractivity contribution in [2.24, 2.45) is 4.99 Å². The number of aliphatic imine (C=N–C) groups is 1. The normalized spacial score (nSPS) is 12.6. The summed E-state index contributed by atoms with van der Waals surface area (Å²) in [5.74, 6) is 1.17. The van der Waals surface area contributed by atoms with Crippen LogP contribution in [-0.2, 0) is 4.79 Å². The summed E-state index contributed by atoms with van der Waals surface area (Å²) < 4.78 is 0. The Morgan fingerprint density at radius 1 is 1.23 bits per heavy atom. The van der Waals surface area contributed by atoms with Gasteiger partial charge in [0.2, 0.25) is 5.91 Å². The molecule has 0 radical (unpaired) electrons. The van der Waals surface area contributed by atoms with Gasteiger partial charge < -0.3 is 15.5 Å². The summed E-state index contributed by atoms with van der Waals surface area (Å²) in [5.41, 5.74) is 1.34. The first-order chi connectivity index (χ1) is 10.5. The third-order valence-corrected chi connectivity index (χ3v) is 3.45. The molecule has 122 valence electrons. The Morgan fingerprint density at radius 3 is 2.50 bits per heavy atom. The minimum Gasteiger partial charge on any atom is -0.357 e. The van der Waals surface area contributed by atoms with E-state index in [1.165, 1.54) is 5.56 Å². The minimum atomic E-state index is -0.00476. The maximum atomic E-state index is 11.6. The zero-order valence-corrected chi connectivity index (χ0v) is 14.1. The number of hydrogen-bond donors (Lipinski definition) is 2.